The van der Waals surface area contributed by atoms with Gasteiger partial charge in [-0.3, -0.25) is 4.98 Å². The molecule has 6 nitrogen and oxygen atoms in total. The number of hydrogen-bond acceptors (Lipinski definition) is 4. The van der Waals surface area contributed by atoms with Crippen LogP contribution < -0.4 is 15.0 Å². The smallest absolute Gasteiger partial charge is 0.174 e. The molecule has 2 atom stereocenters. The molecule has 7 heteroatoms. The number of para-hydroxylation sites is 2. The van der Waals surface area contributed by atoms with E-state index in [4.69, 9.17) is 17.0 Å². The second-order valence-corrected chi connectivity index (χ2v) is 8.10. The van der Waals surface area contributed by atoms with Crippen LogP contribution in [0, 0.1) is 0 Å². The van der Waals surface area contributed by atoms with Crippen LogP contribution in [0.4, 0.5) is 5.69 Å². The molecule has 3 heterocycles. The number of anilines is 1. The van der Waals surface area contributed by atoms with E-state index >= 15 is 0 Å². The number of thiocarbonyl (C=S) groups is 1. The molecule has 1 fully saturated rings. The third-order valence-electron chi connectivity index (χ3n) is 5.75. The van der Waals surface area contributed by atoms with E-state index in [9.17, 15) is 5.11 Å². The summed E-state index contributed by atoms with van der Waals surface area (Å²) >= 11 is 5.77. The number of nitrogens with one attached hydrogen (secondary N) is 1. The average molecular weight is 457 g/mol. The Balaban J connectivity index is 1.63. The number of rotatable bonds is 6. The van der Waals surface area contributed by atoms with Crippen molar-refractivity contribution in [3.63, 3.8) is 0 Å². The van der Waals surface area contributed by atoms with Crippen molar-refractivity contribution >= 4 is 23.0 Å². The number of phenolic OH excluding ortho intramolecular Hbond substituents is 1. The summed E-state index contributed by atoms with van der Waals surface area (Å²) in [4.78, 5) is 6.58. The van der Waals surface area contributed by atoms with E-state index in [-0.39, 0.29) is 17.8 Å². The van der Waals surface area contributed by atoms with E-state index in [2.05, 4.69) is 20.9 Å². The first-order valence-corrected chi connectivity index (χ1v) is 11.3. The number of ether oxygens (including phenoxy) is 1. The van der Waals surface area contributed by atoms with Gasteiger partial charge in [0.2, 0.25) is 0 Å². The van der Waals surface area contributed by atoms with Crippen LogP contribution in [-0.4, -0.2) is 26.4 Å². The molecule has 2 aromatic carbocycles. The lowest BCUT2D eigenvalue weighted by Gasteiger charge is -2.29. The summed E-state index contributed by atoms with van der Waals surface area (Å²) in [5, 5.41) is 14.6. The summed E-state index contributed by atoms with van der Waals surface area (Å²) in [6, 6.07) is 24.8. The molecule has 0 unspecified atom stereocenters. The maximum Gasteiger partial charge on any atom is 0.174 e. The molecule has 0 spiro atoms. The molecule has 166 valence electrons. The first-order chi connectivity index (χ1) is 16.2. The topological polar surface area (TPSA) is 62.5 Å². The minimum Gasteiger partial charge on any atom is -0.506 e. The van der Waals surface area contributed by atoms with Gasteiger partial charge < -0.3 is 24.6 Å². The Morgan fingerprint density at radius 2 is 1.79 bits per heavy atom. The summed E-state index contributed by atoms with van der Waals surface area (Å²) in [5.41, 5.74) is 3.55. The maximum atomic E-state index is 10.7. The zero-order chi connectivity index (χ0) is 22.8. The van der Waals surface area contributed by atoms with Crippen LogP contribution in [0.15, 0.2) is 91.3 Å². The van der Waals surface area contributed by atoms with E-state index in [1.165, 1.54) is 0 Å². The highest BCUT2D eigenvalue weighted by Crippen LogP contribution is 2.44. The van der Waals surface area contributed by atoms with Crippen LogP contribution in [-0.2, 0) is 0 Å². The molecule has 0 bridgehead atoms. The molecule has 1 saturated heterocycles. The Labute approximate surface area is 198 Å². The normalized spacial score (nSPS) is 17.7. The monoisotopic (exact) mass is 456 g/mol. The van der Waals surface area contributed by atoms with Crippen molar-refractivity contribution in [2.45, 2.75) is 19.0 Å². The van der Waals surface area contributed by atoms with Gasteiger partial charge in [0.05, 0.1) is 24.0 Å². The molecule has 4 aromatic rings. The van der Waals surface area contributed by atoms with E-state index < -0.39 is 0 Å². The van der Waals surface area contributed by atoms with Gasteiger partial charge >= 0.3 is 0 Å². The number of aromatic hydroxyl groups is 1. The summed E-state index contributed by atoms with van der Waals surface area (Å²) < 4.78 is 7.74. The summed E-state index contributed by atoms with van der Waals surface area (Å²) in [7, 11) is 0. The molecule has 0 amide bonds. The maximum absolute atomic E-state index is 10.7. The van der Waals surface area contributed by atoms with Gasteiger partial charge in [0.1, 0.15) is 17.5 Å². The molecule has 5 rings (SSSR count). The minimum atomic E-state index is -0.234. The molecule has 2 aromatic heterocycles. The fourth-order valence-electron chi connectivity index (χ4n) is 4.32. The molecule has 1 aliphatic heterocycles. The number of pyridine rings is 1. The van der Waals surface area contributed by atoms with Crippen LogP contribution in [0.5, 0.6) is 11.5 Å². The van der Waals surface area contributed by atoms with E-state index in [1.807, 2.05) is 78.7 Å². The fraction of sp³-hybridized carbons (Fsp3) is 0.154. The zero-order valence-corrected chi connectivity index (χ0v) is 18.9. The summed E-state index contributed by atoms with van der Waals surface area (Å²) in [6.45, 7) is 2.60. The molecular weight excluding hydrogens is 432 g/mol. The van der Waals surface area contributed by atoms with Crippen molar-refractivity contribution in [1.29, 1.82) is 0 Å². The van der Waals surface area contributed by atoms with Crippen molar-refractivity contribution in [3.05, 3.63) is 103 Å². The second-order valence-electron chi connectivity index (χ2n) is 7.72. The van der Waals surface area contributed by atoms with E-state index in [1.54, 1.807) is 18.3 Å². The lowest BCUT2D eigenvalue weighted by Crippen LogP contribution is -2.30. The van der Waals surface area contributed by atoms with Crippen molar-refractivity contribution in [2.75, 3.05) is 11.5 Å². The average Bonchev–Trinajstić information content (AvgIpc) is 3.45. The van der Waals surface area contributed by atoms with Gasteiger partial charge in [-0.1, -0.05) is 18.2 Å². The lowest BCUT2D eigenvalue weighted by molar-refractivity contribution is 0.340. The van der Waals surface area contributed by atoms with Gasteiger partial charge in [-0.25, -0.2) is 0 Å². The number of aromatic nitrogens is 2. The predicted molar refractivity (Wildman–Crippen MR) is 133 cm³/mol. The van der Waals surface area contributed by atoms with Crippen LogP contribution in [0.3, 0.4) is 0 Å². The van der Waals surface area contributed by atoms with E-state index in [0.717, 1.165) is 22.8 Å². The predicted octanol–water partition coefficient (Wildman–Crippen LogP) is 5.15. The quantitative estimate of drug-likeness (QED) is 0.391. The molecule has 0 aliphatic carbocycles. The highest BCUT2D eigenvalue weighted by atomic mass is 32.1. The van der Waals surface area contributed by atoms with Gasteiger partial charge in [0.25, 0.3) is 0 Å². The molecule has 0 radical (unpaired) electrons. The van der Waals surface area contributed by atoms with Crippen LogP contribution in [0.1, 0.15) is 30.4 Å². The third-order valence-corrected chi connectivity index (χ3v) is 6.06. The Morgan fingerprint density at radius 3 is 2.52 bits per heavy atom. The number of phenols is 1. The SMILES string of the molecule is CCOc1ccc(-n2cccc2[C@@H]2[C@@H](c3ccccn3)NC(=S)N2c2ccccc2O)cc1. The highest BCUT2D eigenvalue weighted by molar-refractivity contribution is 7.80. The van der Waals surface area contributed by atoms with Crippen molar-refractivity contribution in [3.8, 4) is 17.2 Å². The Kier molecular flexibility index (Phi) is 5.71. The van der Waals surface area contributed by atoms with Gasteiger partial charge in [-0.15, -0.1) is 0 Å². The summed E-state index contributed by atoms with van der Waals surface area (Å²) in [5.74, 6) is 1.01. The fourth-order valence-corrected chi connectivity index (χ4v) is 4.66. The second kappa shape index (κ2) is 8.96. The Bertz CT molecular complexity index is 1260. The molecule has 0 saturated carbocycles. The standard InChI is InChI=1S/C26H24N4O2S/c1-2-32-19-14-12-18(13-15-19)29-17-7-10-22(29)25-24(20-8-5-6-16-27-20)28-26(33)30(25)21-9-3-4-11-23(21)31/h3-17,24-25,31H,2H2,1H3,(H,28,33)/t24-,25-/m1/s1. The molecule has 1 aliphatic rings. The van der Waals surface area contributed by atoms with Crippen molar-refractivity contribution in [2.24, 2.45) is 0 Å². The van der Waals surface area contributed by atoms with Gasteiger partial charge in [0.15, 0.2) is 5.11 Å². The number of nitrogens with zero attached hydrogens (tertiary/aromatic N) is 3. The Morgan fingerprint density at radius 1 is 1.00 bits per heavy atom. The summed E-state index contributed by atoms with van der Waals surface area (Å²) in [6.07, 6.45) is 3.82. The number of benzene rings is 2. The third kappa shape index (κ3) is 3.91. The van der Waals surface area contributed by atoms with E-state index in [0.29, 0.717) is 17.4 Å². The van der Waals surface area contributed by atoms with Crippen LogP contribution in [0.25, 0.3) is 5.69 Å². The van der Waals surface area contributed by atoms with Gasteiger partial charge in [-0.2, -0.15) is 0 Å². The van der Waals surface area contributed by atoms with Crippen molar-refractivity contribution in [1.82, 2.24) is 14.9 Å². The van der Waals surface area contributed by atoms with Crippen molar-refractivity contribution < 1.29 is 9.84 Å². The minimum absolute atomic E-state index is 0.174. The number of hydrogen-bond donors (Lipinski definition) is 2. The van der Waals surface area contributed by atoms with Gasteiger partial charge in [-0.05, 0) is 79.8 Å². The highest BCUT2D eigenvalue weighted by Gasteiger charge is 2.42. The molecule has 33 heavy (non-hydrogen) atoms. The first kappa shape index (κ1) is 21.0. The largest absolute Gasteiger partial charge is 0.506 e. The Hall–Kier alpha value is -3.84. The van der Waals surface area contributed by atoms with Crippen LogP contribution in [0.2, 0.25) is 0 Å². The molecule has 2 N–H and O–H groups in total. The van der Waals surface area contributed by atoms with Gasteiger partial charge in [0, 0.05) is 23.8 Å². The lowest BCUT2D eigenvalue weighted by atomic mass is 10.0. The van der Waals surface area contributed by atoms with Crippen LogP contribution >= 0.6 is 12.2 Å². The first-order valence-electron chi connectivity index (χ1n) is 10.9. The molecular formula is C26H24N4O2S. The zero-order valence-electron chi connectivity index (χ0n) is 18.1.